The number of methoxy groups -OCH3 is 1. The van der Waals surface area contributed by atoms with E-state index in [1.807, 2.05) is 17.6 Å². The molecule has 0 bridgehead atoms. The number of hydrogen-bond acceptors (Lipinski definition) is 3. The molecule has 0 aliphatic rings. The zero-order valence-electron chi connectivity index (χ0n) is 11.3. The van der Waals surface area contributed by atoms with Gasteiger partial charge in [0.2, 0.25) is 0 Å². The van der Waals surface area contributed by atoms with Crippen LogP contribution in [0.2, 0.25) is 10.0 Å². The molecular formula is C14H11Cl2N3OS. The lowest BCUT2D eigenvalue weighted by atomic mass is 10.2. The molecule has 108 valence electrons. The normalized spacial score (nSPS) is 11.0. The number of H-pyrrole nitrogens is 1. The maximum absolute atomic E-state index is 6.15. The van der Waals surface area contributed by atoms with Gasteiger partial charge in [-0.15, -0.1) is 0 Å². The SMILES string of the molecule is COc1cc(Cl)c(C)cc1-n1c(=S)[nH]c2cc(Cl)cnc21. The van der Waals surface area contributed by atoms with E-state index >= 15 is 0 Å². The first kappa shape index (κ1) is 14.4. The van der Waals surface area contributed by atoms with E-state index in [-0.39, 0.29) is 0 Å². The minimum Gasteiger partial charge on any atom is -0.495 e. The molecule has 0 aliphatic carbocycles. The fourth-order valence-corrected chi connectivity index (χ4v) is 2.79. The average molecular weight is 340 g/mol. The van der Waals surface area contributed by atoms with E-state index in [0.717, 1.165) is 16.8 Å². The Morgan fingerprint density at radius 2 is 2.05 bits per heavy atom. The Balaban J connectivity index is 2.38. The molecule has 0 radical (unpaired) electrons. The van der Waals surface area contributed by atoms with Crippen LogP contribution in [0.4, 0.5) is 0 Å². The molecule has 3 rings (SSSR count). The Morgan fingerprint density at radius 1 is 1.29 bits per heavy atom. The molecule has 7 heteroatoms. The monoisotopic (exact) mass is 339 g/mol. The van der Waals surface area contributed by atoms with Crippen LogP contribution in [-0.4, -0.2) is 21.6 Å². The minimum atomic E-state index is 0.514. The molecule has 1 aromatic carbocycles. The lowest BCUT2D eigenvalue weighted by Crippen LogP contribution is -2.00. The van der Waals surface area contributed by atoms with Crippen molar-refractivity contribution in [2.75, 3.05) is 7.11 Å². The number of halogens is 2. The second kappa shape index (κ2) is 5.33. The number of imidazole rings is 1. The van der Waals surface area contributed by atoms with E-state index < -0.39 is 0 Å². The quantitative estimate of drug-likeness (QED) is 0.687. The Bertz CT molecular complexity index is 901. The zero-order valence-corrected chi connectivity index (χ0v) is 13.6. The van der Waals surface area contributed by atoms with E-state index in [9.17, 15) is 0 Å². The van der Waals surface area contributed by atoms with E-state index in [0.29, 0.717) is 26.2 Å². The smallest absolute Gasteiger partial charge is 0.184 e. The van der Waals surface area contributed by atoms with Gasteiger partial charge in [0.25, 0.3) is 0 Å². The molecule has 3 aromatic rings. The van der Waals surface area contributed by atoms with Crippen molar-refractivity contribution >= 4 is 46.6 Å². The van der Waals surface area contributed by atoms with Gasteiger partial charge in [-0.25, -0.2) is 4.98 Å². The van der Waals surface area contributed by atoms with Crippen LogP contribution in [0, 0.1) is 11.7 Å². The maximum Gasteiger partial charge on any atom is 0.184 e. The number of ether oxygens (including phenoxy) is 1. The first-order valence-electron chi connectivity index (χ1n) is 6.12. The molecule has 0 aliphatic heterocycles. The van der Waals surface area contributed by atoms with Crippen LogP contribution in [0.25, 0.3) is 16.9 Å². The van der Waals surface area contributed by atoms with Gasteiger partial charge in [-0.2, -0.15) is 0 Å². The van der Waals surface area contributed by atoms with Crippen LogP contribution in [0.15, 0.2) is 24.4 Å². The number of pyridine rings is 1. The molecule has 2 aromatic heterocycles. The second-order valence-corrected chi connectivity index (χ2v) is 5.79. The predicted molar refractivity (Wildman–Crippen MR) is 87.6 cm³/mol. The van der Waals surface area contributed by atoms with Crippen molar-refractivity contribution < 1.29 is 4.74 Å². The van der Waals surface area contributed by atoms with Crippen LogP contribution in [0.1, 0.15) is 5.56 Å². The van der Waals surface area contributed by atoms with Gasteiger partial charge >= 0.3 is 0 Å². The number of aryl methyl sites for hydroxylation is 1. The molecule has 0 spiro atoms. The molecule has 21 heavy (non-hydrogen) atoms. The highest BCUT2D eigenvalue weighted by molar-refractivity contribution is 7.71. The lowest BCUT2D eigenvalue weighted by molar-refractivity contribution is 0.413. The summed E-state index contributed by atoms with van der Waals surface area (Å²) in [6.45, 7) is 1.92. The summed E-state index contributed by atoms with van der Waals surface area (Å²) in [5.41, 5.74) is 3.16. The molecule has 0 amide bonds. The molecule has 0 saturated heterocycles. The summed E-state index contributed by atoms with van der Waals surface area (Å²) < 4.78 is 7.74. The fourth-order valence-electron chi connectivity index (χ4n) is 2.18. The number of benzene rings is 1. The van der Waals surface area contributed by atoms with Crippen molar-refractivity contribution in [2.45, 2.75) is 6.92 Å². The lowest BCUT2D eigenvalue weighted by Gasteiger charge is -2.12. The van der Waals surface area contributed by atoms with Crippen LogP contribution in [0.5, 0.6) is 5.75 Å². The maximum atomic E-state index is 6.15. The van der Waals surface area contributed by atoms with Crippen LogP contribution in [-0.2, 0) is 0 Å². The number of hydrogen-bond donors (Lipinski definition) is 1. The summed E-state index contributed by atoms with van der Waals surface area (Å²) in [5, 5.41) is 1.18. The van der Waals surface area contributed by atoms with Gasteiger partial charge < -0.3 is 9.72 Å². The highest BCUT2D eigenvalue weighted by atomic mass is 35.5. The molecule has 0 unspecified atom stereocenters. The molecule has 1 N–H and O–H groups in total. The van der Waals surface area contributed by atoms with Gasteiger partial charge in [0.15, 0.2) is 10.4 Å². The Labute approximate surface area is 136 Å². The van der Waals surface area contributed by atoms with Crippen molar-refractivity contribution in [3.05, 3.63) is 44.8 Å². The van der Waals surface area contributed by atoms with Crippen molar-refractivity contribution in [3.8, 4) is 11.4 Å². The van der Waals surface area contributed by atoms with E-state index in [1.54, 1.807) is 25.4 Å². The van der Waals surface area contributed by atoms with Gasteiger partial charge in [0.1, 0.15) is 5.75 Å². The van der Waals surface area contributed by atoms with Gasteiger partial charge in [0, 0.05) is 17.3 Å². The fraction of sp³-hybridized carbons (Fsp3) is 0.143. The van der Waals surface area contributed by atoms with Gasteiger partial charge in [-0.1, -0.05) is 23.2 Å². The molecule has 0 fully saturated rings. The van der Waals surface area contributed by atoms with Crippen LogP contribution >= 0.6 is 35.4 Å². The third-order valence-electron chi connectivity index (χ3n) is 3.19. The second-order valence-electron chi connectivity index (χ2n) is 4.56. The number of aromatic amines is 1. The first-order valence-corrected chi connectivity index (χ1v) is 7.28. The summed E-state index contributed by atoms with van der Waals surface area (Å²) in [5.74, 6) is 0.624. The summed E-state index contributed by atoms with van der Waals surface area (Å²) in [4.78, 5) is 7.44. The summed E-state index contributed by atoms with van der Waals surface area (Å²) >= 11 is 17.5. The van der Waals surface area contributed by atoms with Gasteiger partial charge in [-0.05, 0) is 36.8 Å². The minimum absolute atomic E-state index is 0.514. The van der Waals surface area contributed by atoms with Gasteiger partial charge in [-0.3, -0.25) is 4.57 Å². The number of rotatable bonds is 2. The molecule has 0 saturated carbocycles. The molecule has 0 atom stereocenters. The summed E-state index contributed by atoms with van der Waals surface area (Å²) in [7, 11) is 1.59. The largest absolute Gasteiger partial charge is 0.495 e. The summed E-state index contributed by atoms with van der Waals surface area (Å²) in [6, 6.07) is 5.47. The van der Waals surface area contributed by atoms with Crippen molar-refractivity contribution in [1.29, 1.82) is 0 Å². The third-order valence-corrected chi connectivity index (χ3v) is 4.09. The van der Waals surface area contributed by atoms with Crippen molar-refractivity contribution in [2.24, 2.45) is 0 Å². The van der Waals surface area contributed by atoms with E-state index in [2.05, 4.69) is 9.97 Å². The van der Waals surface area contributed by atoms with E-state index in [1.165, 1.54) is 0 Å². The van der Waals surface area contributed by atoms with Gasteiger partial charge in [0.05, 0.1) is 23.3 Å². The van der Waals surface area contributed by atoms with Crippen LogP contribution in [0.3, 0.4) is 0 Å². The van der Waals surface area contributed by atoms with Crippen molar-refractivity contribution in [3.63, 3.8) is 0 Å². The highest BCUT2D eigenvalue weighted by Gasteiger charge is 2.14. The number of nitrogens with zero attached hydrogens (tertiary/aromatic N) is 2. The molecule has 2 heterocycles. The highest BCUT2D eigenvalue weighted by Crippen LogP contribution is 2.32. The number of aromatic nitrogens is 3. The molecular weight excluding hydrogens is 329 g/mol. The zero-order chi connectivity index (χ0) is 15.1. The standard InChI is InChI=1S/C14H11Cl2N3OS/c1-7-3-11(12(20-2)5-9(7)16)19-13-10(18-14(19)21)4-8(15)6-17-13/h3-6H,1-2H3,(H,18,21). The Hall–Kier alpha value is -1.56. The Kier molecular flexibility index (Phi) is 3.65. The number of nitrogens with one attached hydrogen (secondary N) is 1. The van der Waals surface area contributed by atoms with Crippen LogP contribution < -0.4 is 4.74 Å². The topological polar surface area (TPSA) is 42.8 Å². The van der Waals surface area contributed by atoms with E-state index in [4.69, 9.17) is 40.2 Å². The third kappa shape index (κ3) is 2.41. The predicted octanol–water partition coefficient (Wildman–Crippen LogP) is 4.71. The number of fused-ring (bicyclic) bond motifs is 1. The first-order chi connectivity index (χ1) is 10.0. The molecule has 4 nitrogen and oxygen atoms in total. The van der Waals surface area contributed by atoms with Crippen molar-refractivity contribution in [1.82, 2.24) is 14.5 Å². The summed E-state index contributed by atoms with van der Waals surface area (Å²) in [6.07, 6.45) is 1.58. The average Bonchev–Trinajstić information content (AvgIpc) is 2.76. The Morgan fingerprint density at radius 3 is 2.76 bits per heavy atom.